The highest BCUT2D eigenvalue weighted by Gasteiger charge is 2.43. The van der Waals surface area contributed by atoms with Crippen molar-refractivity contribution >= 4 is 6.08 Å². The van der Waals surface area contributed by atoms with Crippen molar-refractivity contribution in [2.24, 2.45) is 5.41 Å². The zero-order valence-electron chi connectivity index (χ0n) is 16.9. The van der Waals surface area contributed by atoms with Crippen LogP contribution in [-0.2, 0) is 12.8 Å². The number of fused-ring (bicyclic) bond motifs is 1. The quantitative estimate of drug-likeness (QED) is 0.622. The van der Waals surface area contributed by atoms with Gasteiger partial charge >= 0.3 is 0 Å². The molecular formula is C24H23F3N2O. The third-order valence-corrected chi connectivity index (χ3v) is 6.25. The van der Waals surface area contributed by atoms with Gasteiger partial charge in [0.05, 0.1) is 23.2 Å². The first kappa shape index (κ1) is 20.4. The fraction of sp³-hybridized carbons (Fsp3) is 0.292. The molecule has 2 aromatic carbocycles. The second kappa shape index (κ2) is 7.43. The van der Waals surface area contributed by atoms with Crippen molar-refractivity contribution < 1.29 is 18.3 Å². The highest BCUT2D eigenvalue weighted by atomic mass is 19.1. The second-order valence-electron chi connectivity index (χ2n) is 8.38. The molecule has 156 valence electrons. The van der Waals surface area contributed by atoms with Crippen LogP contribution in [0.1, 0.15) is 37.1 Å². The third kappa shape index (κ3) is 3.67. The fourth-order valence-electron chi connectivity index (χ4n) is 3.97. The van der Waals surface area contributed by atoms with Gasteiger partial charge in [-0.25, -0.2) is 17.9 Å². The van der Waals surface area contributed by atoms with E-state index in [9.17, 15) is 18.3 Å². The lowest BCUT2D eigenvalue weighted by Gasteiger charge is -2.42. The summed E-state index contributed by atoms with van der Waals surface area (Å²) in [5.74, 6) is -1.52. The second-order valence-corrected chi connectivity index (χ2v) is 8.38. The van der Waals surface area contributed by atoms with Gasteiger partial charge in [-0.1, -0.05) is 19.1 Å². The number of rotatable bonds is 5. The minimum Gasteiger partial charge on any atom is -0.389 e. The van der Waals surface area contributed by atoms with Crippen LogP contribution in [0.2, 0.25) is 0 Å². The number of halogens is 3. The molecule has 1 aliphatic carbocycles. The van der Waals surface area contributed by atoms with E-state index in [2.05, 4.69) is 5.10 Å². The summed E-state index contributed by atoms with van der Waals surface area (Å²) in [6, 6.07) is 9.62. The number of hydrogen-bond donors (Lipinski definition) is 1. The molecule has 0 saturated heterocycles. The van der Waals surface area contributed by atoms with Gasteiger partial charge in [0, 0.05) is 11.5 Å². The monoisotopic (exact) mass is 412 g/mol. The largest absolute Gasteiger partial charge is 0.389 e. The molecule has 3 nitrogen and oxygen atoms in total. The zero-order valence-corrected chi connectivity index (χ0v) is 16.9. The molecule has 0 bridgehead atoms. The van der Waals surface area contributed by atoms with E-state index in [1.54, 1.807) is 29.9 Å². The van der Waals surface area contributed by atoms with E-state index < -0.39 is 22.7 Å². The Labute approximate surface area is 173 Å². The first-order chi connectivity index (χ1) is 14.2. The van der Waals surface area contributed by atoms with E-state index in [0.717, 1.165) is 23.0 Å². The Hall–Kier alpha value is -2.86. The summed E-state index contributed by atoms with van der Waals surface area (Å²) < 4.78 is 42.1. The van der Waals surface area contributed by atoms with Crippen molar-refractivity contribution in [3.05, 3.63) is 89.0 Å². The highest BCUT2D eigenvalue weighted by Crippen LogP contribution is 2.43. The average Bonchev–Trinajstić information content (AvgIpc) is 3.10. The van der Waals surface area contributed by atoms with Crippen molar-refractivity contribution in [1.29, 1.82) is 0 Å². The summed E-state index contributed by atoms with van der Waals surface area (Å²) in [6.07, 6.45) is 6.80. The van der Waals surface area contributed by atoms with Gasteiger partial charge < -0.3 is 5.11 Å². The maximum absolute atomic E-state index is 14.0. The van der Waals surface area contributed by atoms with Gasteiger partial charge in [-0.2, -0.15) is 5.10 Å². The summed E-state index contributed by atoms with van der Waals surface area (Å²) in [5.41, 5.74) is 1.28. The van der Waals surface area contributed by atoms with Gasteiger partial charge in [-0.3, -0.25) is 0 Å². The Bertz CT molecular complexity index is 1100. The van der Waals surface area contributed by atoms with Crippen LogP contribution in [0.15, 0.2) is 54.7 Å². The lowest BCUT2D eigenvalue weighted by atomic mass is 9.66. The molecule has 0 amide bonds. The van der Waals surface area contributed by atoms with Crippen molar-refractivity contribution in [1.82, 2.24) is 9.78 Å². The summed E-state index contributed by atoms with van der Waals surface area (Å²) >= 11 is 0. The molecule has 0 saturated carbocycles. The molecule has 0 spiro atoms. The van der Waals surface area contributed by atoms with Crippen LogP contribution in [-0.4, -0.2) is 20.5 Å². The number of benzene rings is 2. The Morgan fingerprint density at radius 2 is 1.80 bits per heavy atom. The van der Waals surface area contributed by atoms with E-state index in [1.807, 2.05) is 19.1 Å². The molecule has 1 N–H and O–H groups in total. The standard InChI is InChI=1S/C24H23F3N2O/c1-23(24(2,30)12-9-16-3-4-19(26)13-21(16)27)11-10-22-17(14-23)15-28-29(22)20-7-5-18(25)6-8-20/h3-8,10-11,13,15,30H,9,12,14H2,1-2H3/t23?,24-/m0/s1. The lowest BCUT2D eigenvalue weighted by molar-refractivity contribution is -0.0415. The third-order valence-electron chi connectivity index (χ3n) is 6.25. The molecule has 2 atom stereocenters. The van der Waals surface area contributed by atoms with Crippen LogP contribution in [0.5, 0.6) is 0 Å². The van der Waals surface area contributed by atoms with E-state index in [4.69, 9.17) is 0 Å². The predicted molar refractivity (Wildman–Crippen MR) is 110 cm³/mol. The average molecular weight is 412 g/mol. The highest BCUT2D eigenvalue weighted by molar-refractivity contribution is 5.57. The number of nitrogens with zero attached hydrogens (tertiary/aromatic N) is 2. The van der Waals surface area contributed by atoms with Crippen molar-refractivity contribution in [3.8, 4) is 5.69 Å². The topological polar surface area (TPSA) is 38.1 Å². The lowest BCUT2D eigenvalue weighted by Crippen LogP contribution is -2.45. The Morgan fingerprint density at radius 1 is 1.10 bits per heavy atom. The first-order valence-electron chi connectivity index (χ1n) is 9.87. The van der Waals surface area contributed by atoms with Crippen LogP contribution < -0.4 is 0 Å². The summed E-state index contributed by atoms with van der Waals surface area (Å²) in [5, 5.41) is 15.7. The molecule has 1 heterocycles. The molecule has 1 aliphatic rings. The Morgan fingerprint density at radius 3 is 2.50 bits per heavy atom. The number of hydrogen-bond acceptors (Lipinski definition) is 2. The normalized spacial score (nSPS) is 20.1. The summed E-state index contributed by atoms with van der Waals surface area (Å²) in [4.78, 5) is 0. The fourth-order valence-corrected chi connectivity index (χ4v) is 3.97. The molecule has 4 rings (SSSR count). The number of aliphatic hydroxyl groups is 1. The van der Waals surface area contributed by atoms with Crippen LogP contribution >= 0.6 is 0 Å². The molecule has 30 heavy (non-hydrogen) atoms. The number of aromatic nitrogens is 2. The minimum absolute atomic E-state index is 0.296. The van der Waals surface area contributed by atoms with Crippen LogP contribution in [0.3, 0.4) is 0 Å². The molecule has 6 heteroatoms. The van der Waals surface area contributed by atoms with Gasteiger partial charge in [0.25, 0.3) is 0 Å². The van der Waals surface area contributed by atoms with Gasteiger partial charge in [0.1, 0.15) is 17.5 Å². The molecule has 1 aromatic heterocycles. The molecule has 0 radical (unpaired) electrons. The van der Waals surface area contributed by atoms with Gasteiger partial charge in [-0.15, -0.1) is 0 Å². The van der Waals surface area contributed by atoms with Crippen molar-refractivity contribution in [2.75, 3.05) is 0 Å². The first-order valence-corrected chi connectivity index (χ1v) is 9.87. The maximum atomic E-state index is 14.0. The molecule has 0 fully saturated rings. The summed E-state index contributed by atoms with van der Waals surface area (Å²) in [6.45, 7) is 3.71. The number of aryl methyl sites for hydroxylation is 1. The van der Waals surface area contributed by atoms with E-state index >= 15 is 0 Å². The molecule has 3 aromatic rings. The van der Waals surface area contributed by atoms with Gasteiger partial charge in [0.2, 0.25) is 0 Å². The van der Waals surface area contributed by atoms with Crippen molar-refractivity contribution in [2.45, 2.75) is 38.7 Å². The Kier molecular flexibility index (Phi) is 5.06. The van der Waals surface area contributed by atoms with E-state index in [1.165, 1.54) is 24.3 Å². The molecule has 0 aliphatic heterocycles. The minimum atomic E-state index is -1.13. The zero-order chi connectivity index (χ0) is 21.5. The van der Waals surface area contributed by atoms with Crippen molar-refractivity contribution in [3.63, 3.8) is 0 Å². The van der Waals surface area contributed by atoms with Crippen LogP contribution in [0.4, 0.5) is 13.2 Å². The van der Waals surface area contributed by atoms with Crippen LogP contribution in [0.25, 0.3) is 11.8 Å². The molecule has 1 unspecified atom stereocenters. The van der Waals surface area contributed by atoms with E-state index in [0.29, 0.717) is 24.8 Å². The summed E-state index contributed by atoms with van der Waals surface area (Å²) in [7, 11) is 0. The predicted octanol–water partition coefficient (Wildman–Crippen LogP) is 5.25. The van der Waals surface area contributed by atoms with Crippen LogP contribution in [0, 0.1) is 22.9 Å². The van der Waals surface area contributed by atoms with E-state index in [-0.39, 0.29) is 5.82 Å². The SMILES string of the molecule is CC1([C@@](C)(O)CCc2ccc(F)cc2F)C=Cc2c(cnn2-c2ccc(F)cc2)C1. The maximum Gasteiger partial charge on any atom is 0.129 e. The van der Waals surface area contributed by atoms with Gasteiger partial charge in [-0.05, 0) is 73.7 Å². The smallest absolute Gasteiger partial charge is 0.129 e. The Balaban J connectivity index is 1.55. The van der Waals surface area contributed by atoms with Gasteiger partial charge in [0.15, 0.2) is 0 Å². The molecular weight excluding hydrogens is 389 g/mol.